The summed E-state index contributed by atoms with van der Waals surface area (Å²) in [4.78, 5) is 21.0. The number of benzene rings is 1. The fourth-order valence-corrected chi connectivity index (χ4v) is 1.23. The molecule has 0 fully saturated rings. The number of hydrogen-bond donors (Lipinski definition) is 0. The number of non-ortho nitro benzene ring substituents is 1. The van der Waals surface area contributed by atoms with Crippen LogP contribution in [0, 0.1) is 10.1 Å². The number of nitro groups is 1. The standard InChI is InChI=1S/C11H9F2NO3/c12-11(13)6-5-10(15)7-8-1-3-9(4-2-8)14(16)17/h1-4,6H,5,7H2. The second kappa shape index (κ2) is 5.83. The van der Waals surface area contributed by atoms with Gasteiger partial charge in [-0.2, -0.15) is 8.78 Å². The summed E-state index contributed by atoms with van der Waals surface area (Å²) in [6.45, 7) is 0. The lowest BCUT2D eigenvalue weighted by molar-refractivity contribution is -0.384. The second-order valence-corrected chi connectivity index (χ2v) is 3.34. The van der Waals surface area contributed by atoms with Crippen molar-refractivity contribution >= 4 is 11.5 Å². The molecule has 0 spiro atoms. The molecule has 0 N–H and O–H groups in total. The van der Waals surface area contributed by atoms with Crippen molar-refractivity contribution < 1.29 is 18.5 Å². The normalized spacial score (nSPS) is 9.76. The molecule has 1 aromatic carbocycles. The Kier molecular flexibility index (Phi) is 4.45. The number of nitrogens with zero attached hydrogens (tertiary/aromatic N) is 1. The van der Waals surface area contributed by atoms with Crippen LogP contribution in [0.15, 0.2) is 36.4 Å². The van der Waals surface area contributed by atoms with Crippen molar-refractivity contribution in [1.82, 2.24) is 0 Å². The first-order valence-corrected chi connectivity index (χ1v) is 4.75. The summed E-state index contributed by atoms with van der Waals surface area (Å²) in [6, 6.07) is 5.42. The maximum Gasteiger partial charge on any atom is 0.269 e. The van der Waals surface area contributed by atoms with E-state index in [2.05, 4.69) is 0 Å². The third kappa shape index (κ3) is 4.50. The highest BCUT2D eigenvalue weighted by Gasteiger charge is 2.07. The van der Waals surface area contributed by atoms with E-state index in [1.165, 1.54) is 24.3 Å². The van der Waals surface area contributed by atoms with E-state index >= 15 is 0 Å². The van der Waals surface area contributed by atoms with Crippen LogP contribution in [0.4, 0.5) is 14.5 Å². The van der Waals surface area contributed by atoms with Crippen LogP contribution in [0.1, 0.15) is 12.0 Å². The van der Waals surface area contributed by atoms with Crippen LogP contribution in [0.3, 0.4) is 0 Å². The Morgan fingerprint density at radius 3 is 2.35 bits per heavy atom. The fourth-order valence-electron chi connectivity index (χ4n) is 1.23. The van der Waals surface area contributed by atoms with Crippen molar-refractivity contribution in [3.05, 3.63) is 52.1 Å². The summed E-state index contributed by atoms with van der Waals surface area (Å²) in [5.41, 5.74) is 0.490. The Balaban J connectivity index is 2.60. The zero-order chi connectivity index (χ0) is 12.8. The Morgan fingerprint density at radius 2 is 1.88 bits per heavy atom. The molecule has 0 atom stereocenters. The van der Waals surface area contributed by atoms with Gasteiger partial charge in [0.05, 0.1) is 4.92 Å². The molecular weight excluding hydrogens is 232 g/mol. The van der Waals surface area contributed by atoms with Crippen molar-refractivity contribution in [2.45, 2.75) is 12.8 Å². The van der Waals surface area contributed by atoms with Crippen molar-refractivity contribution in [2.24, 2.45) is 0 Å². The van der Waals surface area contributed by atoms with E-state index in [4.69, 9.17) is 0 Å². The van der Waals surface area contributed by atoms with Crippen LogP contribution in [0.5, 0.6) is 0 Å². The second-order valence-electron chi connectivity index (χ2n) is 3.34. The summed E-state index contributed by atoms with van der Waals surface area (Å²) in [6.07, 6.45) is -1.68. The quantitative estimate of drug-likeness (QED) is 0.588. The number of ketones is 1. The number of hydrogen-bond acceptors (Lipinski definition) is 3. The third-order valence-electron chi connectivity index (χ3n) is 2.03. The minimum atomic E-state index is -1.89. The van der Waals surface area contributed by atoms with Crippen LogP contribution in [0.2, 0.25) is 0 Å². The molecule has 0 heterocycles. The minimum Gasteiger partial charge on any atom is -0.299 e. The number of carbonyl (C=O) groups excluding carboxylic acids is 1. The van der Waals surface area contributed by atoms with Gasteiger partial charge < -0.3 is 0 Å². The van der Waals surface area contributed by atoms with E-state index in [-0.39, 0.29) is 24.3 Å². The molecule has 90 valence electrons. The Labute approximate surface area is 95.7 Å². The van der Waals surface area contributed by atoms with Gasteiger partial charge in [-0.25, -0.2) is 0 Å². The van der Waals surface area contributed by atoms with Gasteiger partial charge in [0.1, 0.15) is 5.78 Å². The summed E-state index contributed by atoms with van der Waals surface area (Å²) < 4.78 is 23.4. The van der Waals surface area contributed by atoms with Gasteiger partial charge in [0.2, 0.25) is 0 Å². The van der Waals surface area contributed by atoms with Crippen molar-refractivity contribution in [3.8, 4) is 0 Å². The van der Waals surface area contributed by atoms with Crippen molar-refractivity contribution in [1.29, 1.82) is 0 Å². The molecule has 0 aromatic heterocycles. The largest absolute Gasteiger partial charge is 0.299 e. The predicted octanol–water partition coefficient (Wildman–Crippen LogP) is 2.88. The number of rotatable bonds is 5. The molecule has 0 amide bonds. The SMILES string of the molecule is O=C(CC=C(F)F)Cc1ccc([N+](=O)[O-])cc1. The lowest BCUT2D eigenvalue weighted by Crippen LogP contribution is -2.01. The molecule has 6 heteroatoms. The molecule has 4 nitrogen and oxygen atoms in total. The Hall–Kier alpha value is -2.11. The molecule has 0 aliphatic heterocycles. The van der Waals surface area contributed by atoms with E-state index in [1.807, 2.05) is 0 Å². The molecule has 1 aromatic rings. The first-order valence-electron chi connectivity index (χ1n) is 4.75. The molecule has 1 rings (SSSR count). The van der Waals surface area contributed by atoms with Gasteiger partial charge in [-0.05, 0) is 11.6 Å². The van der Waals surface area contributed by atoms with Gasteiger partial charge >= 0.3 is 0 Å². The predicted molar refractivity (Wildman–Crippen MR) is 56.7 cm³/mol. The fraction of sp³-hybridized carbons (Fsp3) is 0.182. The Morgan fingerprint density at radius 1 is 1.29 bits per heavy atom. The average Bonchev–Trinajstić information content (AvgIpc) is 2.27. The molecule has 0 unspecified atom stereocenters. The van der Waals surface area contributed by atoms with Gasteiger partial charge in [-0.15, -0.1) is 0 Å². The first kappa shape index (κ1) is 13.0. The highest BCUT2D eigenvalue weighted by molar-refractivity contribution is 5.82. The van der Waals surface area contributed by atoms with Crippen molar-refractivity contribution in [2.75, 3.05) is 0 Å². The van der Waals surface area contributed by atoms with E-state index in [9.17, 15) is 23.7 Å². The Bertz CT molecular complexity index is 450. The van der Waals surface area contributed by atoms with Gasteiger partial charge in [-0.3, -0.25) is 14.9 Å². The smallest absolute Gasteiger partial charge is 0.269 e. The summed E-state index contributed by atoms with van der Waals surface area (Å²) in [5.74, 6) is -0.369. The molecular formula is C11H9F2NO3. The molecule has 17 heavy (non-hydrogen) atoms. The minimum absolute atomic E-state index is 0.0121. The number of allylic oxidation sites excluding steroid dienone is 1. The molecule has 0 aliphatic rings. The molecule has 0 radical (unpaired) electrons. The third-order valence-corrected chi connectivity index (χ3v) is 2.03. The lowest BCUT2D eigenvalue weighted by Gasteiger charge is -1.98. The van der Waals surface area contributed by atoms with Crippen LogP contribution in [-0.2, 0) is 11.2 Å². The number of Topliss-reactive ketones (excluding diaryl/α,β-unsaturated/α-hetero) is 1. The van der Waals surface area contributed by atoms with Gasteiger partial charge in [0, 0.05) is 25.0 Å². The monoisotopic (exact) mass is 241 g/mol. The highest BCUT2D eigenvalue weighted by Crippen LogP contribution is 2.13. The molecule has 0 saturated heterocycles. The van der Waals surface area contributed by atoms with Gasteiger partial charge in [0.15, 0.2) is 0 Å². The average molecular weight is 241 g/mol. The zero-order valence-electron chi connectivity index (χ0n) is 8.73. The number of carbonyl (C=O) groups is 1. The maximum absolute atomic E-state index is 11.7. The van der Waals surface area contributed by atoms with Crippen LogP contribution < -0.4 is 0 Å². The lowest BCUT2D eigenvalue weighted by atomic mass is 10.1. The molecule has 0 saturated carbocycles. The summed E-state index contributed by atoms with van der Waals surface area (Å²) in [5, 5.41) is 10.4. The maximum atomic E-state index is 11.7. The highest BCUT2D eigenvalue weighted by atomic mass is 19.3. The van der Waals surface area contributed by atoms with Gasteiger partial charge in [0.25, 0.3) is 11.8 Å². The van der Waals surface area contributed by atoms with Crippen LogP contribution in [-0.4, -0.2) is 10.7 Å². The van der Waals surface area contributed by atoms with E-state index in [1.54, 1.807) is 0 Å². The van der Waals surface area contributed by atoms with Crippen molar-refractivity contribution in [3.63, 3.8) is 0 Å². The van der Waals surface area contributed by atoms with Crippen LogP contribution >= 0.6 is 0 Å². The first-order chi connectivity index (χ1) is 7.99. The van der Waals surface area contributed by atoms with E-state index < -0.39 is 11.0 Å². The molecule has 0 aliphatic carbocycles. The topological polar surface area (TPSA) is 60.2 Å². The number of halogens is 2. The number of nitro benzene ring substituents is 1. The van der Waals surface area contributed by atoms with Gasteiger partial charge in [-0.1, -0.05) is 12.1 Å². The van der Waals surface area contributed by atoms with E-state index in [0.29, 0.717) is 11.6 Å². The van der Waals surface area contributed by atoms with E-state index in [0.717, 1.165) is 0 Å². The molecule has 0 bridgehead atoms. The van der Waals surface area contributed by atoms with Crippen LogP contribution in [0.25, 0.3) is 0 Å². The summed E-state index contributed by atoms with van der Waals surface area (Å²) in [7, 11) is 0. The summed E-state index contributed by atoms with van der Waals surface area (Å²) >= 11 is 0. The zero-order valence-corrected chi connectivity index (χ0v) is 8.73.